The van der Waals surface area contributed by atoms with E-state index in [1.54, 1.807) is 4.88 Å². The summed E-state index contributed by atoms with van der Waals surface area (Å²) in [6.07, 6.45) is 9.47. The molecule has 0 unspecified atom stereocenters. The summed E-state index contributed by atoms with van der Waals surface area (Å²) >= 11 is 2.04. The number of rotatable bonds is 4. The van der Waals surface area contributed by atoms with Gasteiger partial charge in [0.1, 0.15) is 5.82 Å². The molecule has 2 fully saturated rings. The average molecular weight is 331 g/mol. The van der Waals surface area contributed by atoms with E-state index >= 15 is 0 Å². The molecule has 1 saturated heterocycles. The highest BCUT2D eigenvalue weighted by atomic mass is 32.1. The van der Waals surface area contributed by atoms with Crippen molar-refractivity contribution in [1.82, 2.24) is 20.1 Å². The Morgan fingerprint density at radius 2 is 2.04 bits per heavy atom. The topological polar surface area (TPSA) is 44.8 Å². The van der Waals surface area contributed by atoms with Gasteiger partial charge in [0.2, 0.25) is 0 Å². The molecular weight excluding hydrogens is 304 g/mol. The minimum absolute atomic E-state index is 0.389. The number of thiophene rings is 1. The van der Waals surface area contributed by atoms with Crippen molar-refractivity contribution in [3.63, 3.8) is 0 Å². The summed E-state index contributed by atoms with van der Waals surface area (Å²) in [7, 11) is 0. The van der Waals surface area contributed by atoms with Gasteiger partial charge in [-0.1, -0.05) is 19.3 Å². The van der Waals surface area contributed by atoms with Crippen LogP contribution in [0.5, 0.6) is 0 Å². The zero-order chi connectivity index (χ0) is 15.6. The Balaban J connectivity index is 1.44. The van der Waals surface area contributed by atoms with Crippen LogP contribution in [0.3, 0.4) is 0 Å². The molecule has 2 aromatic heterocycles. The second-order valence-corrected chi connectivity index (χ2v) is 8.25. The van der Waals surface area contributed by atoms with E-state index in [4.69, 9.17) is 0 Å². The molecule has 1 aliphatic heterocycles. The molecule has 4 nitrogen and oxygen atoms in total. The minimum atomic E-state index is 0.389. The molecule has 0 bridgehead atoms. The molecule has 1 N–H and O–H groups in total. The number of aromatic nitrogens is 3. The van der Waals surface area contributed by atoms with Crippen molar-refractivity contribution in [2.45, 2.75) is 70.4 Å². The number of aromatic amines is 1. The fourth-order valence-corrected chi connectivity index (χ4v) is 5.31. The van der Waals surface area contributed by atoms with Crippen LogP contribution < -0.4 is 0 Å². The molecule has 5 heteroatoms. The summed E-state index contributed by atoms with van der Waals surface area (Å²) in [5, 5.41) is 7.39. The second kappa shape index (κ2) is 6.73. The maximum Gasteiger partial charge on any atom is 0.167 e. The lowest BCUT2D eigenvalue weighted by Crippen LogP contribution is -2.23. The van der Waals surface area contributed by atoms with E-state index in [1.165, 1.54) is 49.8 Å². The third-order valence-corrected chi connectivity index (χ3v) is 6.56. The van der Waals surface area contributed by atoms with Crippen LogP contribution in [0.2, 0.25) is 0 Å². The van der Waals surface area contributed by atoms with E-state index in [9.17, 15) is 0 Å². The zero-order valence-corrected chi connectivity index (χ0v) is 14.7. The maximum absolute atomic E-state index is 4.56. The molecule has 4 rings (SSSR count). The second-order valence-electron chi connectivity index (χ2n) is 7.05. The Hall–Kier alpha value is -1.20. The minimum Gasteiger partial charge on any atom is -0.288 e. The third-order valence-electron chi connectivity index (χ3n) is 5.33. The van der Waals surface area contributed by atoms with E-state index in [-0.39, 0.29) is 0 Å². The number of nitrogens with zero attached hydrogens (tertiary/aromatic N) is 3. The van der Waals surface area contributed by atoms with E-state index in [0.29, 0.717) is 6.04 Å². The first-order valence-corrected chi connectivity index (χ1v) is 9.83. The first kappa shape index (κ1) is 15.3. The van der Waals surface area contributed by atoms with Crippen LogP contribution in [0, 0.1) is 6.92 Å². The van der Waals surface area contributed by atoms with Gasteiger partial charge in [-0.25, -0.2) is 4.98 Å². The van der Waals surface area contributed by atoms with Crippen molar-refractivity contribution >= 4 is 11.3 Å². The monoisotopic (exact) mass is 330 g/mol. The molecule has 1 saturated carbocycles. The Kier molecular flexibility index (Phi) is 4.49. The van der Waals surface area contributed by atoms with Crippen LogP contribution in [0.1, 0.15) is 78.3 Å². The summed E-state index contributed by atoms with van der Waals surface area (Å²) in [5.74, 6) is 2.72. The highest BCUT2D eigenvalue weighted by molar-refractivity contribution is 7.12. The predicted molar refractivity (Wildman–Crippen MR) is 93.6 cm³/mol. The lowest BCUT2D eigenvalue weighted by Gasteiger charge is -2.22. The molecule has 124 valence electrons. The van der Waals surface area contributed by atoms with Gasteiger partial charge in [-0.05, 0) is 57.2 Å². The maximum atomic E-state index is 4.56. The average Bonchev–Trinajstić information content (AvgIpc) is 3.29. The van der Waals surface area contributed by atoms with Gasteiger partial charge in [0.15, 0.2) is 5.82 Å². The number of nitrogens with one attached hydrogen (secondary N) is 1. The Bertz CT molecular complexity index is 641. The fourth-order valence-electron chi connectivity index (χ4n) is 4.10. The van der Waals surface area contributed by atoms with E-state index in [2.05, 4.69) is 32.2 Å². The lowest BCUT2D eigenvalue weighted by atomic mass is 9.88. The molecule has 0 amide bonds. The molecule has 2 aromatic rings. The number of hydrogen-bond donors (Lipinski definition) is 1. The van der Waals surface area contributed by atoms with Gasteiger partial charge in [0, 0.05) is 16.3 Å². The number of likely N-dealkylation sites (tertiary alicyclic amines) is 1. The molecule has 1 aliphatic carbocycles. The van der Waals surface area contributed by atoms with Crippen molar-refractivity contribution in [2.24, 2.45) is 0 Å². The molecular formula is C18H26N4S. The van der Waals surface area contributed by atoms with Crippen LogP contribution in [0.4, 0.5) is 0 Å². The van der Waals surface area contributed by atoms with Gasteiger partial charge < -0.3 is 0 Å². The summed E-state index contributed by atoms with van der Waals surface area (Å²) in [4.78, 5) is 10.2. The number of H-pyrrole nitrogens is 1. The lowest BCUT2D eigenvalue weighted by molar-refractivity contribution is 0.242. The van der Waals surface area contributed by atoms with Crippen LogP contribution in [0.25, 0.3) is 0 Å². The van der Waals surface area contributed by atoms with Gasteiger partial charge in [-0.15, -0.1) is 11.3 Å². The third kappa shape index (κ3) is 3.36. The van der Waals surface area contributed by atoms with Crippen LogP contribution >= 0.6 is 11.3 Å². The Morgan fingerprint density at radius 3 is 2.83 bits per heavy atom. The van der Waals surface area contributed by atoms with Crippen LogP contribution in [-0.4, -0.2) is 26.6 Å². The molecule has 1 atom stereocenters. The summed E-state index contributed by atoms with van der Waals surface area (Å²) in [6, 6.07) is 5.13. The van der Waals surface area contributed by atoms with Crippen molar-refractivity contribution in [1.29, 1.82) is 0 Å². The van der Waals surface area contributed by atoms with Gasteiger partial charge in [-0.3, -0.25) is 10.00 Å². The van der Waals surface area contributed by atoms with E-state index < -0.39 is 0 Å². The van der Waals surface area contributed by atoms with Crippen molar-refractivity contribution in [3.05, 3.63) is 33.5 Å². The van der Waals surface area contributed by atoms with Crippen LogP contribution in [0.15, 0.2) is 12.1 Å². The highest BCUT2D eigenvalue weighted by Gasteiger charge is 2.29. The van der Waals surface area contributed by atoms with Gasteiger partial charge in [0.05, 0.1) is 6.04 Å². The van der Waals surface area contributed by atoms with Gasteiger partial charge in [-0.2, -0.15) is 5.10 Å². The molecule has 3 heterocycles. The van der Waals surface area contributed by atoms with E-state index in [0.717, 1.165) is 30.7 Å². The molecule has 0 aromatic carbocycles. The quantitative estimate of drug-likeness (QED) is 0.894. The summed E-state index contributed by atoms with van der Waals surface area (Å²) in [5.41, 5.74) is 0. The fraction of sp³-hybridized carbons (Fsp3) is 0.667. The first-order valence-electron chi connectivity index (χ1n) is 9.01. The largest absolute Gasteiger partial charge is 0.288 e. The first-order chi connectivity index (χ1) is 11.3. The normalized spacial score (nSPS) is 23.6. The zero-order valence-electron chi connectivity index (χ0n) is 13.9. The molecule has 23 heavy (non-hydrogen) atoms. The van der Waals surface area contributed by atoms with Crippen LogP contribution in [-0.2, 0) is 6.54 Å². The standard InChI is InChI=1S/C18H26N4S/c1-13-19-18(21-20-13)16-8-5-11-22(16)12-15-9-10-17(23-15)14-6-3-2-4-7-14/h9-10,14,16H,2-8,11-12H2,1H3,(H,19,20,21)/t16-/m0/s1. The number of hydrogen-bond acceptors (Lipinski definition) is 4. The molecule has 2 aliphatic rings. The molecule has 0 spiro atoms. The van der Waals surface area contributed by atoms with Crippen molar-refractivity contribution in [2.75, 3.05) is 6.54 Å². The SMILES string of the molecule is Cc1nc([C@@H]2CCCN2Cc2ccc(C3CCCCC3)s2)n[nH]1. The van der Waals surface area contributed by atoms with E-state index in [1.807, 2.05) is 18.3 Å². The predicted octanol–water partition coefficient (Wildman–Crippen LogP) is 4.56. The van der Waals surface area contributed by atoms with Crippen molar-refractivity contribution in [3.8, 4) is 0 Å². The van der Waals surface area contributed by atoms with Crippen molar-refractivity contribution < 1.29 is 0 Å². The Labute approximate surface area is 142 Å². The van der Waals surface area contributed by atoms with Gasteiger partial charge in [0.25, 0.3) is 0 Å². The smallest absolute Gasteiger partial charge is 0.167 e. The van der Waals surface area contributed by atoms with Gasteiger partial charge >= 0.3 is 0 Å². The Morgan fingerprint density at radius 1 is 1.17 bits per heavy atom. The number of aryl methyl sites for hydroxylation is 1. The molecule has 0 radical (unpaired) electrons. The summed E-state index contributed by atoms with van der Waals surface area (Å²) in [6.45, 7) is 4.19. The highest BCUT2D eigenvalue weighted by Crippen LogP contribution is 2.38. The summed E-state index contributed by atoms with van der Waals surface area (Å²) < 4.78 is 0.